The summed E-state index contributed by atoms with van der Waals surface area (Å²) in [5.41, 5.74) is 6.40. The number of benzene rings is 1. The first kappa shape index (κ1) is 12.0. The molecular formula is C15H17Ti-. The summed E-state index contributed by atoms with van der Waals surface area (Å²) in [7, 11) is 0. The number of hydrogen-bond donors (Lipinski definition) is 0. The van der Waals surface area contributed by atoms with Crippen LogP contribution in [0.3, 0.4) is 0 Å². The van der Waals surface area contributed by atoms with E-state index in [1.165, 1.54) is 31.2 Å². The molecule has 1 unspecified atom stereocenters. The van der Waals surface area contributed by atoms with Crippen LogP contribution in [0, 0.1) is 6.42 Å². The molecule has 82 valence electrons. The van der Waals surface area contributed by atoms with Crippen LogP contribution in [0.2, 0.25) is 0 Å². The van der Waals surface area contributed by atoms with Gasteiger partial charge in [-0.05, 0) is 12.3 Å². The summed E-state index contributed by atoms with van der Waals surface area (Å²) < 4.78 is 0. The van der Waals surface area contributed by atoms with E-state index in [2.05, 4.69) is 37.6 Å². The molecule has 2 aliphatic rings. The Bertz CT molecular complexity index is 417. The first-order valence-corrected chi connectivity index (χ1v) is 6.07. The van der Waals surface area contributed by atoms with E-state index in [0.717, 1.165) is 0 Å². The van der Waals surface area contributed by atoms with Crippen molar-refractivity contribution in [1.82, 2.24) is 0 Å². The van der Waals surface area contributed by atoms with Gasteiger partial charge in [0.25, 0.3) is 0 Å². The van der Waals surface area contributed by atoms with Gasteiger partial charge in [0.1, 0.15) is 0 Å². The maximum Gasteiger partial charge on any atom is 0 e. The van der Waals surface area contributed by atoms with Crippen LogP contribution < -0.4 is 0 Å². The van der Waals surface area contributed by atoms with Crippen molar-refractivity contribution in [3.8, 4) is 0 Å². The second-order valence-electron chi connectivity index (χ2n) is 4.58. The zero-order chi connectivity index (χ0) is 10.3. The zero-order valence-electron chi connectivity index (χ0n) is 9.79. The van der Waals surface area contributed by atoms with E-state index in [-0.39, 0.29) is 21.7 Å². The van der Waals surface area contributed by atoms with Crippen molar-refractivity contribution in [3.63, 3.8) is 0 Å². The summed E-state index contributed by atoms with van der Waals surface area (Å²) in [6, 6.07) is 8.98. The van der Waals surface area contributed by atoms with Crippen LogP contribution in [0.1, 0.15) is 49.7 Å². The van der Waals surface area contributed by atoms with Crippen LogP contribution in [0.15, 0.2) is 29.8 Å². The third-order valence-electron chi connectivity index (χ3n) is 3.79. The summed E-state index contributed by atoms with van der Waals surface area (Å²) in [6.45, 7) is 2.31. The van der Waals surface area contributed by atoms with Crippen molar-refractivity contribution in [1.29, 1.82) is 0 Å². The van der Waals surface area contributed by atoms with Crippen LogP contribution in [-0.4, -0.2) is 0 Å². The summed E-state index contributed by atoms with van der Waals surface area (Å²) in [5.74, 6) is 0.691. The molecule has 0 radical (unpaired) electrons. The second-order valence-corrected chi connectivity index (χ2v) is 4.58. The molecule has 1 aromatic carbocycles. The summed E-state index contributed by atoms with van der Waals surface area (Å²) in [5, 5.41) is 0. The van der Waals surface area contributed by atoms with Gasteiger partial charge in [0.15, 0.2) is 0 Å². The molecule has 0 heterocycles. The quantitative estimate of drug-likeness (QED) is 0.510. The molecule has 0 amide bonds. The van der Waals surface area contributed by atoms with Crippen LogP contribution in [0.25, 0.3) is 5.57 Å². The monoisotopic (exact) mass is 245 g/mol. The maximum atomic E-state index is 2.48. The van der Waals surface area contributed by atoms with Crippen LogP contribution in [0.5, 0.6) is 0 Å². The predicted molar refractivity (Wildman–Crippen MR) is 64.5 cm³/mol. The van der Waals surface area contributed by atoms with Gasteiger partial charge in [-0.2, -0.15) is 5.57 Å². The van der Waals surface area contributed by atoms with Crippen LogP contribution >= 0.6 is 0 Å². The molecule has 0 aliphatic heterocycles. The number of rotatable bonds is 1. The van der Waals surface area contributed by atoms with Crippen molar-refractivity contribution in [2.75, 3.05) is 0 Å². The molecule has 0 N–H and O–H groups in total. The standard InChI is InChI=1S/C15H17.Ti/c1-2-11-12-7-3-5-9-14(12)15-10-6-4-8-13(11)15;/h3,5,7-9,11H,2,4,6,10H2,1H3;/q-1;. The van der Waals surface area contributed by atoms with Gasteiger partial charge in [0.2, 0.25) is 0 Å². The van der Waals surface area contributed by atoms with Crippen LogP contribution in [-0.2, 0) is 21.7 Å². The van der Waals surface area contributed by atoms with Gasteiger partial charge in [-0.1, -0.05) is 55.2 Å². The Labute approximate surface area is 113 Å². The van der Waals surface area contributed by atoms with E-state index in [9.17, 15) is 0 Å². The third-order valence-corrected chi connectivity index (χ3v) is 3.79. The van der Waals surface area contributed by atoms with E-state index in [1.54, 1.807) is 16.7 Å². The van der Waals surface area contributed by atoms with Gasteiger partial charge in [-0.15, -0.1) is 6.42 Å². The minimum absolute atomic E-state index is 0. The predicted octanol–water partition coefficient (Wildman–Crippen LogP) is 4.33. The first-order chi connectivity index (χ1) is 7.42. The van der Waals surface area contributed by atoms with Crippen molar-refractivity contribution in [2.24, 2.45) is 0 Å². The van der Waals surface area contributed by atoms with Crippen LogP contribution in [0.4, 0.5) is 0 Å². The largest absolute Gasteiger partial charge is 0.226 e. The Balaban J connectivity index is 0.000000963. The Hall–Kier alpha value is -0.456. The van der Waals surface area contributed by atoms with Crippen molar-refractivity contribution < 1.29 is 21.7 Å². The van der Waals surface area contributed by atoms with Gasteiger partial charge < -0.3 is 0 Å². The molecule has 2 aliphatic carbocycles. The molecule has 0 saturated carbocycles. The molecule has 0 nitrogen and oxygen atoms in total. The van der Waals surface area contributed by atoms with Gasteiger partial charge in [-0.3, -0.25) is 0 Å². The van der Waals surface area contributed by atoms with Crippen molar-refractivity contribution in [3.05, 3.63) is 47.4 Å². The van der Waals surface area contributed by atoms with Crippen molar-refractivity contribution in [2.45, 2.75) is 38.5 Å². The molecule has 0 fully saturated rings. The normalized spacial score (nSPS) is 21.9. The minimum atomic E-state index is 0. The molecular weight excluding hydrogens is 228 g/mol. The van der Waals surface area contributed by atoms with E-state index < -0.39 is 0 Å². The molecule has 3 rings (SSSR count). The Morgan fingerprint density at radius 3 is 2.94 bits per heavy atom. The van der Waals surface area contributed by atoms with Gasteiger partial charge >= 0.3 is 0 Å². The number of allylic oxidation sites excluding steroid dienone is 2. The van der Waals surface area contributed by atoms with E-state index in [0.29, 0.717) is 5.92 Å². The molecule has 1 heteroatoms. The fourth-order valence-corrected chi connectivity index (χ4v) is 3.13. The minimum Gasteiger partial charge on any atom is -0.226 e. The SMILES string of the molecule is CCC1C2=C(CCC[CH-]2)c2ccccc21.[Ti]. The van der Waals surface area contributed by atoms with E-state index in [4.69, 9.17) is 0 Å². The second kappa shape index (κ2) is 4.81. The maximum absolute atomic E-state index is 2.48. The molecule has 0 spiro atoms. The first-order valence-electron chi connectivity index (χ1n) is 6.07. The summed E-state index contributed by atoms with van der Waals surface area (Å²) in [4.78, 5) is 0. The Morgan fingerprint density at radius 1 is 1.31 bits per heavy atom. The third kappa shape index (κ3) is 1.69. The molecule has 1 atom stereocenters. The van der Waals surface area contributed by atoms with Gasteiger partial charge in [0.05, 0.1) is 0 Å². The average Bonchev–Trinajstić information content (AvgIpc) is 2.63. The number of hydrogen-bond acceptors (Lipinski definition) is 0. The average molecular weight is 245 g/mol. The topological polar surface area (TPSA) is 0 Å². The summed E-state index contributed by atoms with van der Waals surface area (Å²) in [6.07, 6.45) is 7.63. The fraction of sp³-hybridized carbons (Fsp3) is 0.400. The molecule has 0 aromatic heterocycles. The smallest absolute Gasteiger partial charge is 0 e. The van der Waals surface area contributed by atoms with Crippen molar-refractivity contribution >= 4 is 5.57 Å². The summed E-state index contributed by atoms with van der Waals surface area (Å²) >= 11 is 0. The molecule has 16 heavy (non-hydrogen) atoms. The van der Waals surface area contributed by atoms with Gasteiger partial charge in [0, 0.05) is 21.7 Å². The molecule has 1 aromatic rings. The van der Waals surface area contributed by atoms with E-state index >= 15 is 0 Å². The van der Waals surface area contributed by atoms with Gasteiger partial charge in [-0.25, -0.2) is 12.0 Å². The fourth-order valence-electron chi connectivity index (χ4n) is 3.13. The molecule has 0 saturated heterocycles. The van der Waals surface area contributed by atoms with E-state index in [1.807, 2.05) is 0 Å². The number of fused-ring (bicyclic) bond motifs is 2. The molecule has 0 bridgehead atoms. The zero-order valence-corrected chi connectivity index (χ0v) is 11.4. The Morgan fingerprint density at radius 2 is 2.12 bits per heavy atom. The Kier molecular flexibility index (Phi) is 3.61.